The summed E-state index contributed by atoms with van der Waals surface area (Å²) >= 11 is 1.30. The Balaban J connectivity index is 1.41. The predicted octanol–water partition coefficient (Wildman–Crippen LogP) is 3.60. The average molecular weight is 482 g/mol. The van der Waals surface area contributed by atoms with Gasteiger partial charge >= 0.3 is 0 Å². The summed E-state index contributed by atoms with van der Waals surface area (Å²) in [5, 5.41) is 14.6. The molecule has 0 aliphatic heterocycles. The average Bonchev–Trinajstić information content (AvgIpc) is 3.20. The van der Waals surface area contributed by atoms with Crippen molar-refractivity contribution in [2.24, 2.45) is 7.05 Å². The van der Waals surface area contributed by atoms with Gasteiger partial charge in [0, 0.05) is 7.05 Å². The first-order valence-corrected chi connectivity index (χ1v) is 12.2. The number of amides is 2. The monoisotopic (exact) mass is 481 g/mol. The van der Waals surface area contributed by atoms with Crippen molar-refractivity contribution in [2.75, 3.05) is 12.4 Å². The zero-order chi connectivity index (χ0) is 24.5. The Bertz CT molecular complexity index is 1080. The van der Waals surface area contributed by atoms with E-state index in [1.165, 1.54) is 17.3 Å². The van der Waals surface area contributed by atoms with Gasteiger partial charge in [-0.15, -0.1) is 10.2 Å². The minimum Gasteiger partial charge on any atom is -0.484 e. The van der Waals surface area contributed by atoms with E-state index in [4.69, 9.17) is 4.74 Å². The minimum atomic E-state index is -0.251. The fourth-order valence-electron chi connectivity index (χ4n) is 3.19. The number of thioether (sulfide) groups is 1. The van der Waals surface area contributed by atoms with Gasteiger partial charge in [0.05, 0.1) is 18.3 Å². The molecule has 3 rings (SSSR count). The molecule has 0 fully saturated rings. The van der Waals surface area contributed by atoms with Crippen LogP contribution < -0.4 is 15.4 Å². The maximum Gasteiger partial charge on any atom is 0.258 e. The first-order chi connectivity index (χ1) is 16.3. The van der Waals surface area contributed by atoms with Crippen LogP contribution in [0, 0.1) is 0 Å². The highest BCUT2D eigenvalue weighted by Crippen LogP contribution is 2.19. The smallest absolute Gasteiger partial charge is 0.258 e. The van der Waals surface area contributed by atoms with Crippen LogP contribution in [0.2, 0.25) is 0 Å². The number of benzene rings is 2. The zero-order valence-electron chi connectivity index (χ0n) is 19.9. The highest BCUT2D eigenvalue weighted by Gasteiger charge is 2.14. The van der Waals surface area contributed by atoms with Gasteiger partial charge in [-0.1, -0.05) is 68.1 Å². The molecule has 0 aliphatic rings. The quantitative estimate of drug-likeness (QED) is 0.406. The van der Waals surface area contributed by atoms with E-state index in [-0.39, 0.29) is 36.8 Å². The molecule has 9 heteroatoms. The Morgan fingerprint density at radius 2 is 1.68 bits per heavy atom. The summed E-state index contributed by atoms with van der Waals surface area (Å²) in [6, 6.07) is 17.5. The molecule has 180 valence electrons. The SMILES string of the molecule is CC(C)c1ccc(OCC(=O)NCc2nnc(SCC(=O)N[C@@H](C)c3ccccc3)n2C)cc1. The molecule has 0 unspecified atom stereocenters. The summed E-state index contributed by atoms with van der Waals surface area (Å²) in [5.41, 5.74) is 2.27. The van der Waals surface area contributed by atoms with E-state index < -0.39 is 0 Å². The molecule has 0 spiro atoms. The topological polar surface area (TPSA) is 98.1 Å². The van der Waals surface area contributed by atoms with E-state index in [1.807, 2.05) is 61.5 Å². The van der Waals surface area contributed by atoms with Crippen LogP contribution in [-0.2, 0) is 23.2 Å². The molecule has 0 saturated heterocycles. The summed E-state index contributed by atoms with van der Waals surface area (Å²) in [4.78, 5) is 24.5. The van der Waals surface area contributed by atoms with Crippen LogP contribution >= 0.6 is 11.8 Å². The van der Waals surface area contributed by atoms with Gasteiger partial charge in [0.15, 0.2) is 17.6 Å². The number of nitrogens with zero attached hydrogens (tertiary/aromatic N) is 3. The first kappa shape index (κ1) is 25.3. The van der Waals surface area contributed by atoms with Crippen molar-refractivity contribution in [3.8, 4) is 5.75 Å². The highest BCUT2D eigenvalue weighted by atomic mass is 32.2. The lowest BCUT2D eigenvalue weighted by molar-refractivity contribution is -0.123. The van der Waals surface area contributed by atoms with Crippen LogP contribution in [-0.4, -0.2) is 38.9 Å². The molecule has 8 nitrogen and oxygen atoms in total. The summed E-state index contributed by atoms with van der Waals surface area (Å²) in [7, 11) is 1.81. The second kappa shape index (κ2) is 12.2. The number of carbonyl (C=O) groups is 2. The van der Waals surface area contributed by atoms with Crippen molar-refractivity contribution >= 4 is 23.6 Å². The first-order valence-electron chi connectivity index (χ1n) is 11.2. The lowest BCUT2D eigenvalue weighted by Crippen LogP contribution is -2.29. The molecule has 1 aromatic heterocycles. The van der Waals surface area contributed by atoms with Gasteiger partial charge in [-0.25, -0.2) is 0 Å². The summed E-state index contributed by atoms with van der Waals surface area (Å²) in [6.07, 6.45) is 0. The highest BCUT2D eigenvalue weighted by molar-refractivity contribution is 7.99. The third-order valence-corrected chi connectivity index (χ3v) is 6.32. The number of rotatable bonds is 11. The summed E-state index contributed by atoms with van der Waals surface area (Å²) < 4.78 is 7.32. The van der Waals surface area contributed by atoms with Crippen LogP contribution in [0.15, 0.2) is 59.8 Å². The molecule has 2 amide bonds. The summed E-state index contributed by atoms with van der Waals surface area (Å²) in [5.74, 6) is 1.57. The van der Waals surface area contributed by atoms with Gasteiger partial charge in [-0.05, 0) is 36.1 Å². The second-order valence-electron chi connectivity index (χ2n) is 8.24. The normalized spacial score (nSPS) is 11.8. The van der Waals surface area contributed by atoms with Crippen molar-refractivity contribution in [3.05, 3.63) is 71.5 Å². The molecule has 0 radical (unpaired) electrons. The number of nitrogens with one attached hydrogen (secondary N) is 2. The van der Waals surface area contributed by atoms with Gasteiger partial charge in [0.25, 0.3) is 5.91 Å². The van der Waals surface area contributed by atoms with Crippen LogP contribution in [0.4, 0.5) is 0 Å². The second-order valence-corrected chi connectivity index (χ2v) is 9.18. The van der Waals surface area contributed by atoms with Crippen molar-refractivity contribution in [2.45, 2.75) is 44.4 Å². The van der Waals surface area contributed by atoms with Crippen LogP contribution in [0.5, 0.6) is 5.75 Å². The number of ether oxygens (including phenoxy) is 1. The molecule has 1 heterocycles. The van der Waals surface area contributed by atoms with E-state index in [2.05, 4.69) is 34.7 Å². The molecule has 0 aliphatic carbocycles. The molecular formula is C25H31N5O3S. The lowest BCUT2D eigenvalue weighted by Gasteiger charge is -2.14. The maximum atomic E-state index is 12.3. The van der Waals surface area contributed by atoms with Gasteiger partial charge in [-0.3, -0.25) is 9.59 Å². The van der Waals surface area contributed by atoms with E-state index >= 15 is 0 Å². The standard InChI is InChI=1S/C25H31N5O3S/c1-17(2)19-10-12-21(13-11-19)33-15-23(31)26-14-22-28-29-25(30(22)4)34-16-24(32)27-18(3)20-8-6-5-7-9-20/h5-13,17-18H,14-16H2,1-4H3,(H,26,31)(H,27,32)/t18-/m0/s1. The molecule has 2 aromatic carbocycles. The van der Waals surface area contributed by atoms with E-state index in [0.29, 0.717) is 22.6 Å². The molecular weight excluding hydrogens is 450 g/mol. The van der Waals surface area contributed by atoms with E-state index in [0.717, 1.165) is 5.56 Å². The molecule has 3 aromatic rings. The van der Waals surface area contributed by atoms with E-state index in [1.54, 1.807) is 11.6 Å². The van der Waals surface area contributed by atoms with Crippen molar-refractivity contribution in [1.82, 2.24) is 25.4 Å². The van der Waals surface area contributed by atoms with Crippen LogP contribution in [0.3, 0.4) is 0 Å². The third kappa shape index (κ3) is 7.34. The van der Waals surface area contributed by atoms with Gasteiger partial charge in [0.2, 0.25) is 5.91 Å². The van der Waals surface area contributed by atoms with Crippen molar-refractivity contribution < 1.29 is 14.3 Å². The van der Waals surface area contributed by atoms with Crippen molar-refractivity contribution in [1.29, 1.82) is 0 Å². The molecule has 0 saturated carbocycles. The number of aromatic nitrogens is 3. The number of carbonyl (C=O) groups excluding carboxylic acids is 2. The molecule has 1 atom stereocenters. The molecule has 2 N–H and O–H groups in total. The van der Waals surface area contributed by atoms with Crippen LogP contribution in [0.1, 0.15) is 49.7 Å². The number of hydrogen-bond acceptors (Lipinski definition) is 6. The largest absolute Gasteiger partial charge is 0.484 e. The molecule has 34 heavy (non-hydrogen) atoms. The van der Waals surface area contributed by atoms with Gasteiger partial charge < -0.3 is 19.9 Å². The summed E-state index contributed by atoms with van der Waals surface area (Å²) in [6.45, 7) is 6.34. The maximum absolute atomic E-state index is 12.3. The van der Waals surface area contributed by atoms with Crippen molar-refractivity contribution in [3.63, 3.8) is 0 Å². The van der Waals surface area contributed by atoms with Gasteiger partial charge in [-0.2, -0.15) is 0 Å². The molecule has 0 bridgehead atoms. The predicted molar refractivity (Wildman–Crippen MR) is 133 cm³/mol. The Hall–Kier alpha value is -3.33. The minimum absolute atomic E-state index is 0.0741. The number of hydrogen-bond donors (Lipinski definition) is 2. The Labute approximate surface area is 204 Å². The Kier molecular flexibility index (Phi) is 9.09. The van der Waals surface area contributed by atoms with Crippen LogP contribution in [0.25, 0.3) is 0 Å². The fourth-order valence-corrected chi connectivity index (χ4v) is 3.93. The van der Waals surface area contributed by atoms with Gasteiger partial charge in [0.1, 0.15) is 5.75 Å². The lowest BCUT2D eigenvalue weighted by atomic mass is 10.0. The van der Waals surface area contributed by atoms with E-state index in [9.17, 15) is 9.59 Å². The zero-order valence-corrected chi connectivity index (χ0v) is 20.8. The fraction of sp³-hybridized carbons (Fsp3) is 0.360. The Morgan fingerprint density at radius 1 is 0.971 bits per heavy atom. The third-order valence-electron chi connectivity index (χ3n) is 5.29. The Morgan fingerprint density at radius 3 is 2.35 bits per heavy atom.